The number of amides is 2. The predicted octanol–water partition coefficient (Wildman–Crippen LogP) is 3.01. The molecule has 1 aliphatic rings. The molecule has 0 bridgehead atoms. The Morgan fingerprint density at radius 3 is 2.66 bits per heavy atom. The molecule has 3 aromatic rings. The highest BCUT2D eigenvalue weighted by atomic mass is 19.2. The highest BCUT2D eigenvalue weighted by molar-refractivity contribution is 5.90. The fourth-order valence-electron chi connectivity index (χ4n) is 4.39. The van der Waals surface area contributed by atoms with Crippen molar-refractivity contribution in [2.75, 3.05) is 38.7 Å². The van der Waals surface area contributed by atoms with Crippen LogP contribution >= 0.6 is 0 Å². The molecule has 2 amide bonds. The minimum Gasteiger partial charge on any atom is -0.383 e. The number of rotatable bonds is 7. The number of hydrogen-bond acceptors (Lipinski definition) is 6. The minimum absolute atomic E-state index is 0.210. The molecule has 2 aromatic heterocycles. The lowest BCUT2D eigenvalue weighted by molar-refractivity contribution is 0.159. The van der Waals surface area contributed by atoms with Crippen molar-refractivity contribution in [2.45, 2.75) is 25.8 Å². The third kappa shape index (κ3) is 5.46. The molecule has 1 fully saturated rings. The second-order valence-corrected chi connectivity index (χ2v) is 8.73. The molecule has 11 heteroatoms. The number of ether oxygens (including phenoxy) is 1. The van der Waals surface area contributed by atoms with Crippen molar-refractivity contribution in [1.29, 1.82) is 0 Å². The lowest BCUT2D eigenvalue weighted by Crippen LogP contribution is -2.42. The van der Waals surface area contributed by atoms with E-state index in [9.17, 15) is 13.6 Å². The Kier molecular flexibility index (Phi) is 7.37. The summed E-state index contributed by atoms with van der Waals surface area (Å²) in [6.45, 7) is 6.04. The quantitative estimate of drug-likeness (QED) is 0.534. The largest absolute Gasteiger partial charge is 0.383 e. The third-order valence-corrected chi connectivity index (χ3v) is 6.23. The van der Waals surface area contributed by atoms with Crippen LogP contribution in [0.25, 0.3) is 11.4 Å². The number of benzene rings is 1. The topological polar surface area (TPSA) is 97.2 Å². The van der Waals surface area contributed by atoms with Crippen molar-refractivity contribution < 1.29 is 18.3 Å². The van der Waals surface area contributed by atoms with Crippen LogP contribution in [0.3, 0.4) is 0 Å². The van der Waals surface area contributed by atoms with Crippen molar-refractivity contribution in [3.63, 3.8) is 0 Å². The van der Waals surface area contributed by atoms with Crippen LogP contribution in [0.5, 0.6) is 0 Å². The molecular formula is C24H29F2N7O2. The number of carbonyl (C=O) groups is 1. The van der Waals surface area contributed by atoms with Crippen molar-refractivity contribution in [1.82, 2.24) is 30.0 Å². The Balaban J connectivity index is 1.51. The van der Waals surface area contributed by atoms with E-state index in [1.165, 1.54) is 6.07 Å². The second kappa shape index (κ2) is 10.4. The van der Waals surface area contributed by atoms with Gasteiger partial charge in [0, 0.05) is 51.5 Å². The van der Waals surface area contributed by atoms with E-state index >= 15 is 0 Å². The maximum absolute atomic E-state index is 13.9. The summed E-state index contributed by atoms with van der Waals surface area (Å²) < 4.78 is 34.2. The average molecular weight is 486 g/mol. The van der Waals surface area contributed by atoms with Gasteiger partial charge in [0.2, 0.25) is 0 Å². The number of aromatic nitrogens is 4. The molecule has 3 heterocycles. The molecule has 35 heavy (non-hydrogen) atoms. The van der Waals surface area contributed by atoms with Gasteiger partial charge in [-0.25, -0.2) is 13.6 Å². The first-order valence-corrected chi connectivity index (χ1v) is 11.3. The molecule has 1 saturated heterocycles. The molecule has 1 aromatic carbocycles. The minimum atomic E-state index is -0.904. The number of nitrogens with one attached hydrogen (secondary N) is 2. The van der Waals surface area contributed by atoms with Gasteiger partial charge in [-0.1, -0.05) is 6.07 Å². The molecule has 2 N–H and O–H groups in total. The SMILES string of the molecule is COCCN1C[C@@H](NC(=O)Nc2c(C)c(-c3cnc(C)cn3)nn2C)[C@H](c2ccc(F)c(F)c2)C1. The van der Waals surface area contributed by atoms with Crippen molar-refractivity contribution in [2.24, 2.45) is 7.05 Å². The number of methoxy groups -OCH3 is 1. The molecule has 0 spiro atoms. The Labute approximate surface area is 202 Å². The summed E-state index contributed by atoms with van der Waals surface area (Å²) in [6.07, 6.45) is 3.31. The maximum atomic E-state index is 13.9. The zero-order valence-corrected chi connectivity index (χ0v) is 20.2. The van der Waals surface area contributed by atoms with Gasteiger partial charge in [-0.3, -0.25) is 24.9 Å². The Morgan fingerprint density at radius 2 is 1.97 bits per heavy atom. The number of nitrogens with zero attached hydrogens (tertiary/aromatic N) is 5. The number of likely N-dealkylation sites (tertiary alicyclic amines) is 1. The van der Waals surface area contributed by atoms with E-state index in [1.807, 2.05) is 13.8 Å². The van der Waals surface area contributed by atoms with Crippen LogP contribution in [0.1, 0.15) is 22.7 Å². The number of anilines is 1. The van der Waals surface area contributed by atoms with Crippen molar-refractivity contribution >= 4 is 11.8 Å². The van der Waals surface area contributed by atoms with Gasteiger partial charge in [0.05, 0.1) is 24.5 Å². The molecule has 0 unspecified atom stereocenters. The first-order chi connectivity index (χ1) is 16.8. The summed E-state index contributed by atoms with van der Waals surface area (Å²) in [6, 6.07) is 3.16. The summed E-state index contributed by atoms with van der Waals surface area (Å²) in [5.74, 6) is -1.48. The van der Waals surface area contributed by atoms with Crippen LogP contribution in [0.4, 0.5) is 19.4 Å². The van der Waals surface area contributed by atoms with E-state index in [0.29, 0.717) is 49.0 Å². The van der Waals surface area contributed by atoms with Crippen molar-refractivity contribution in [3.8, 4) is 11.4 Å². The zero-order valence-electron chi connectivity index (χ0n) is 20.2. The summed E-state index contributed by atoms with van der Waals surface area (Å²) in [5.41, 5.74) is 3.42. The van der Waals surface area contributed by atoms with Crippen LogP contribution in [-0.2, 0) is 11.8 Å². The summed E-state index contributed by atoms with van der Waals surface area (Å²) in [4.78, 5) is 23.8. The van der Waals surface area contributed by atoms with Crippen LogP contribution in [0.15, 0.2) is 30.6 Å². The predicted molar refractivity (Wildman–Crippen MR) is 127 cm³/mol. The molecule has 186 valence electrons. The number of carbonyl (C=O) groups excluding carboxylic acids is 1. The molecule has 2 atom stereocenters. The molecule has 9 nitrogen and oxygen atoms in total. The van der Waals surface area contributed by atoms with Gasteiger partial charge in [-0.2, -0.15) is 5.10 Å². The number of urea groups is 1. The molecule has 1 aliphatic heterocycles. The molecule has 0 saturated carbocycles. The van der Waals surface area contributed by atoms with Gasteiger partial charge in [0.1, 0.15) is 17.2 Å². The van der Waals surface area contributed by atoms with E-state index in [1.54, 1.807) is 37.3 Å². The van der Waals surface area contributed by atoms with Gasteiger partial charge in [-0.05, 0) is 31.5 Å². The number of aryl methyl sites for hydroxylation is 2. The van der Waals surface area contributed by atoms with Crippen LogP contribution in [-0.4, -0.2) is 70.1 Å². The van der Waals surface area contributed by atoms with Gasteiger partial charge >= 0.3 is 6.03 Å². The Hall–Kier alpha value is -3.44. The summed E-state index contributed by atoms with van der Waals surface area (Å²) >= 11 is 0. The van der Waals surface area contributed by atoms with E-state index in [2.05, 4.69) is 30.6 Å². The smallest absolute Gasteiger partial charge is 0.320 e. The van der Waals surface area contributed by atoms with E-state index in [0.717, 1.165) is 17.3 Å². The van der Waals surface area contributed by atoms with Gasteiger partial charge in [-0.15, -0.1) is 0 Å². The lowest BCUT2D eigenvalue weighted by Gasteiger charge is -2.21. The maximum Gasteiger partial charge on any atom is 0.320 e. The van der Waals surface area contributed by atoms with Crippen LogP contribution in [0.2, 0.25) is 0 Å². The van der Waals surface area contributed by atoms with E-state index < -0.39 is 17.7 Å². The number of halogens is 2. The molecule has 0 radical (unpaired) electrons. The molecule has 0 aliphatic carbocycles. The average Bonchev–Trinajstić information content (AvgIpc) is 3.35. The first kappa shape index (κ1) is 24.7. The summed E-state index contributed by atoms with van der Waals surface area (Å²) in [5, 5.41) is 10.4. The zero-order chi connectivity index (χ0) is 25.1. The Morgan fingerprint density at radius 1 is 1.17 bits per heavy atom. The molecule has 4 rings (SSSR count). The molecular weight excluding hydrogens is 456 g/mol. The highest BCUT2D eigenvalue weighted by Gasteiger charge is 2.35. The van der Waals surface area contributed by atoms with Gasteiger partial charge in [0.15, 0.2) is 11.6 Å². The van der Waals surface area contributed by atoms with Crippen LogP contribution < -0.4 is 10.6 Å². The fraction of sp³-hybridized carbons (Fsp3) is 0.417. The highest BCUT2D eigenvalue weighted by Crippen LogP contribution is 2.30. The third-order valence-electron chi connectivity index (χ3n) is 6.23. The Bertz CT molecular complexity index is 1200. The van der Waals surface area contributed by atoms with Crippen molar-refractivity contribution in [3.05, 3.63) is 59.0 Å². The number of hydrogen-bond donors (Lipinski definition) is 2. The van der Waals surface area contributed by atoms with Gasteiger partial charge in [0.25, 0.3) is 0 Å². The van der Waals surface area contributed by atoms with E-state index in [4.69, 9.17) is 4.74 Å². The normalized spacial score (nSPS) is 18.1. The standard InChI is InChI=1S/C24H29F2N7O2/c1-14-10-28-20(11-27-14)22-15(2)23(32(3)31-22)30-24(34)29-21-13-33(7-8-35-4)12-17(21)16-5-6-18(25)19(26)9-16/h5-6,9-11,17,21H,7-8,12-13H2,1-4H3,(H2,29,30,34)/t17-,21+/m0/s1. The first-order valence-electron chi connectivity index (χ1n) is 11.3. The fourth-order valence-corrected chi connectivity index (χ4v) is 4.39. The second-order valence-electron chi connectivity index (χ2n) is 8.73. The van der Waals surface area contributed by atoms with Gasteiger partial charge < -0.3 is 10.1 Å². The van der Waals surface area contributed by atoms with E-state index in [-0.39, 0.29) is 12.0 Å². The lowest BCUT2D eigenvalue weighted by atomic mass is 9.94. The summed E-state index contributed by atoms with van der Waals surface area (Å²) in [7, 11) is 3.36. The van der Waals surface area contributed by atoms with Crippen LogP contribution in [0, 0.1) is 25.5 Å². The monoisotopic (exact) mass is 485 g/mol.